The fourth-order valence-electron chi connectivity index (χ4n) is 2.91. The van der Waals surface area contributed by atoms with Gasteiger partial charge in [0.15, 0.2) is 0 Å². The van der Waals surface area contributed by atoms with E-state index < -0.39 is 12.0 Å². The second-order valence-corrected chi connectivity index (χ2v) is 5.85. The number of imidazole rings is 1. The van der Waals surface area contributed by atoms with Gasteiger partial charge in [0.05, 0.1) is 6.33 Å². The maximum Gasteiger partial charge on any atom is 0.453 e. The third-order valence-corrected chi connectivity index (χ3v) is 4.01. The van der Waals surface area contributed by atoms with Crippen molar-refractivity contribution in [3.63, 3.8) is 0 Å². The van der Waals surface area contributed by atoms with E-state index in [2.05, 4.69) is 25.4 Å². The molecular formula is C14H14F3N7. The molecule has 126 valence electrons. The molecule has 0 amide bonds. The van der Waals surface area contributed by atoms with Gasteiger partial charge in [-0.3, -0.25) is 0 Å². The van der Waals surface area contributed by atoms with E-state index in [-0.39, 0.29) is 11.8 Å². The van der Waals surface area contributed by atoms with Gasteiger partial charge in [0, 0.05) is 36.2 Å². The van der Waals surface area contributed by atoms with Gasteiger partial charge in [-0.15, -0.1) is 5.10 Å². The van der Waals surface area contributed by atoms with E-state index in [9.17, 15) is 13.2 Å². The number of fused-ring (bicyclic) bond motifs is 2. The quantitative estimate of drug-likeness (QED) is 0.775. The van der Waals surface area contributed by atoms with Crippen LogP contribution < -0.4 is 5.32 Å². The summed E-state index contributed by atoms with van der Waals surface area (Å²) in [4.78, 5) is 11.6. The number of alkyl halides is 3. The van der Waals surface area contributed by atoms with E-state index in [1.165, 1.54) is 0 Å². The van der Waals surface area contributed by atoms with Gasteiger partial charge in [-0.2, -0.15) is 22.7 Å². The van der Waals surface area contributed by atoms with E-state index in [4.69, 9.17) is 0 Å². The van der Waals surface area contributed by atoms with Crippen molar-refractivity contribution in [2.75, 3.05) is 5.32 Å². The Kier molecular flexibility index (Phi) is 3.22. The molecule has 0 aliphatic carbocycles. The fraction of sp³-hybridized carbons (Fsp3) is 0.429. The zero-order valence-corrected chi connectivity index (χ0v) is 12.7. The third-order valence-electron chi connectivity index (χ3n) is 4.01. The predicted molar refractivity (Wildman–Crippen MR) is 78.5 cm³/mol. The van der Waals surface area contributed by atoms with Crippen molar-refractivity contribution in [3.05, 3.63) is 35.8 Å². The second-order valence-electron chi connectivity index (χ2n) is 5.85. The maximum absolute atomic E-state index is 12.9. The van der Waals surface area contributed by atoms with Crippen molar-refractivity contribution in [3.8, 4) is 0 Å². The molecule has 3 aromatic rings. The first kappa shape index (κ1) is 14.9. The van der Waals surface area contributed by atoms with Gasteiger partial charge >= 0.3 is 6.18 Å². The number of hydrogen-bond acceptors (Lipinski definition) is 5. The van der Waals surface area contributed by atoms with E-state index in [1.54, 1.807) is 19.3 Å². The Hall–Kier alpha value is -2.65. The van der Waals surface area contributed by atoms with Crippen LogP contribution in [-0.4, -0.2) is 35.2 Å². The molecule has 0 saturated heterocycles. The van der Waals surface area contributed by atoms with Crippen LogP contribution in [0.25, 0.3) is 5.78 Å². The van der Waals surface area contributed by atoms with Gasteiger partial charge in [0.25, 0.3) is 11.6 Å². The van der Waals surface area contributed by atoms with Crippen LogP contribution in [0.5, 0.6) is 0 Å². The zero-order valence-electron chi connectivity index (χ0n) is 12.7. The first-order valence-corrected chi connectivity index (χ1v) is 7.47. The number of nitrogens with one attached hydrogen (secondary N) is 1. The lowest BCUT2D eigenvalue weighted by atomic mass is 10.1. The first-order chi connectivity index (χ1) is 11.4. The van der Waals surface area contributed by atoms with Crippen LogP contribution >= 0.6 is 0 Å². The van der Waals surface area contributed by atoms with Crippen LogP contribution in [0, 0.1) is 6.92 Å². The van der Waals surface area contributed by atoms with Gasteiger partial charge in [-0.05, 0) is 19.8 Å². The largest absolute Gasteiger partial charge is 0.453 e. The van der Waals surface area contributed by atoms with Crippen LogP contribution in [0.3, 0.4) is 0 Å². The molecule has 0 fully saturated rings. The molecule has 24 heavy (non-hydrogen) atoms. The Morgan fingerprint density at radius 2 is 2.12 bits per heavy atom. The average Bonchev–Trinajstić information content (AvgIpc) is 3.12. The standard InChI is InChI=1S/C14H14F3N7/c1-8-4-11(20-9-2-3-10-5-18-7-23(10)6-9)24-13(19-8)21-12(22-24)14(15,16)17/h4-5,7,9,20H,2-3,6H2,1H3. The molecule has 0 radical (unpaired) electrons. The summed E-state index contributed by atoms with van der Waals surface area (Å²) in [5.74, 6) is -0.804. The van der Waals surface area contributed by atoms with Crippen molar-refractivity contribution < 1.29 is 13.2 Å². The molecule has 4 rings (SSSR count). The minimum atomic E-state index is -4.60. The topological polar surface area (TPSA) is 72.9 Å². The summed E-state index contributed by atoms with van der Waals surface area (Å²) in [6.07, 6.45) is 0.701. The molecule has 0 saturated carbocycles. The van der Waals surface area contributed by atoms with Crippen LogP contribution in [-0.2, 0) is 19.1 Å². The highest BCUT2D eigenvalue weighted by Gasteiger charge is 2.37. The van der Waals surface area contributed by atoms with Crippen LogP contribution in [0.2, 0.25) is 0 Å². The SMILES string of the molecule is Cc1cc(NC2CCc3cncn3C2)n2nc(C(F)(F)F)nc2n1. The molecule has 4 heterocycles. The highest BCUT2D eigenvalue weighted by Crippen LogP contribution is 2.27. The van der Waals surface area contributed by atoms with Crippen molar-refractivity contribution in [2.45, 2.75) is 38.5 Å². The summed E-state index contributed by atoms with van der Waals surface area (Å²) in [6.45, 7) is 2.40. The van der Waals surface area contributed by atoms with Gasteiger partial charge in [-0.25, -0.2) is 9.97 Å². The predicted octanol–water partition coefficient (Wildman–Crippen LogP) is 2.07. The normalized spacial score (nSPS) is 17.9. The Balaban J connectivity index is 1.67. The fourth-order valence-corrected chi connectivity index (χ4v) is 2.91. The summed E-state index contributed by atoms with van der Waals surface area (Å²) >= 11 is 0. The first-order valence-electron chi connectivity index (χ1n) is 7.47. The van der Waals surface area contributed by atoms with E-state index in [1.807, 2.05) is 10.8 Å². The molecule has 7 nitrogen and oxygen atoms in total. The molecule has 1 unspecified atom stereocenters. The van der Waals surface area contributed by atoms with Gasteiger partial charge < -0.3 is 9.88 Å². The molecule has 3 aromatic heterocycles. The Morgan fingerprint density at radius 1 is 1.29 bits per heavy atom. The molecule has 0 aromatic carbocycles. The minimum Gasteiger partial charge on any atom is -0.365 e. The molecule has 1 N–H and O–H groups in total. The lowest BCUT2D eigenvalue weighted by Crippen LogP contribution is -2.31. The summed E-state index contributed by atoms with van der Waals surface area (Å²) in [5, 5.41) is 6.83. The van der Waals surface area contributed by atoms with E-state index in [0.29, 0.717) is 18.1 Å². The van der Waals surface area contributed by atoms with Crippen molar-refractivity contribution >= 4 is 11.6 Å². The number of aromatic nitrogens is 6. The van der Waals surface area contributed by atoms with Gasteiger partial charge in [0.2, 0.25) is 0 Å². The highest BCUT2D eigenvalue weighted by atomic mass is 19.4. The zero-order chi connectivity index (χ0) is 16.9. The number of anilines is 1. The Bertz CT molecular complexity index is 896. The molecule has 1 atom stereocenters. The summed E-state index contributed by atoms with van der Waals surface area (Å²) < 4.78 is 41.7. The van der Waals surface area contributed by atoms with Gasteiger partial charge in [0.1, 0.15) is 5.82 Å². The highest BCUT2D eigenvalue weighted by molar-refractivity contribution is 5.46. The van der Waals surface area contributed by atoms with Crippen molar-refractivity contribution in [1.82, 2.24) is 29.1 Å². The number of halogens is 3. The molecule has 0 bridgehead atoms. The lowest BCUT2D eigenvalue weighted by molar-refractivity contribution is -0.144. The van der Waals surface area contributed by atoms with Crippen molar-refractivity contribution in [1.29, 1.82) is 0 Å². The Labute approximate surface area is 134 Å². The molecule has 1 aliphatic heterocycles. The van der Waals surface area contributed by atoms with E-state index >= 15 is 0 Å². The van der Waals surface area contributed by atoms with Gasteiger partial charge in [-0.1, -0.05) is 0 Å². The number of nitrogens with zero attached hydrogens (tertiary/aromatic N) is 6. The summed E-state index contributed by atoms with van der Waals surface area (Å²) in [5.41, 5.74) is 1.73. The summed E-state index contributed by atoms with van der Waals surface area (Å²) in [7, 11) is 0. The Morgan fingerprint density at radius 3 is 2.92 bits per heavy atom. The molecule has 1 aliphatic rings. The lowest BCUT2D eigenvalue weighted by Gasteiger charge is -2.26. The smallest absolute Gasteiger partial charge is 0.365 e. The van der Waals surface area contributed by atoms with Crippen LogP contribution in [0.1, 0.15) is 23.6 Å². The van der Waals surface area contributed by atoms with Crippen molar-refractivity contribution in [2.24, 2.45) is 0 Å². The average molecular weight is 337 g/mol. The second kappa shape index (κ2) is 5.18. The number of aryl methyl sites for hydroxylation is 2. The molecule has 10 heteroatoms. The van der Waals surface area contributed by atoms with E-state index in [0.717, 1.165) is 23.1 Å². The minimum absolute atomic E-state index is 0.0650. The van der Waals surface area contributed by atoms with Crippen LogP contribution in [0.15, 0.2) is 18.6 Å². The maximum atomic E-state index is 12.9. The summed E-state index contributed by atoms with van der Waals surface area (Å²) in [6, 6.07) is 1.74. The monoisotopic (exact) mass is 337 g/mol. The molecule has 0 spiro atoms. The number of hydrogen-bond donors (Lipinski definition) is 1. The number of rotatable bonds is 2. The third kappa shape index (κ3) is 2.57. The van der Waals surface area contributed by atoms with Crippen LogP contribution in [0.4, 0.5) is 19.0 Å². The molecular weight excluding hydrogens is 323 g/mol.